The van der Waals surface area contributed by atoms with E-state index in [2.05, 4.69) is 15.5 Å². The average molecular weight is 239 g/mol. The first kappa shape index (κ1) is 13.4. The summed E-state index contributed by atoms with van der Waals surface area (Å²) < 4.78 is 0. The van der Waals surface area contributed by atoms with E-state index in [1.54, 1.807) is 27.7 Å². The van der Waals surface area contributed by atoms with Gasteiger partial charge in [-0.15, -0.1) is 0 Å². The van der Waals surface area contributed by atoms with Crippen LogP contribution in [0.5, 0.6) is 0 Å². The average Bonchev–Trinajstić information content (AvgIpc) is 2.16. The highest BCUT2D eigenvalue weighted by Crippen LogP contribution is 2.20. The van der Waals surface area contributed by atoms with Gasteiger partial charge in [0.2, 0.25) is 0 Å². The number of aromatic amines is 1. The number of aliphatic hydroxyl groups is 1. The highest BCUT2D eigenvalue weighted by Gasteiger charge is 2.36. The van der Waals surface area contributed by atoms with Gasteiger partial charge in [-0.25, -0.2) is 5.10 Å². The number of aromatic nitrogens is 2. The van der Waals surface area contributed by atoms with Gasteiger partial charge in [0.15, 0.2) is 0 Å². The van der Waals surface area contributed by atoms with Crippen molar-refractivity contribution in [2.75, 3.05) is 0 Å². The molecule has 0 fully saturated rings. The van der Waals surface area contributed by atoms with Crippen molar-refractivity contribution in [2.24, 2.45) is 0 Å². The second kappa shape index (κ2) is 4.29. The summed E-state index contributed by atoms with van der Waals surface area (Å²) in [6, 6.07) is 2.55. The second-order valence-corrected chi connectivity index (χ2v) is 4.94. The molecule has 0 unspecified atom stereocenters. The van der Waals surface area contributed by atoms with Crippen LogP contribution in [0.15, 0.2) is 16.9 Å². The van der Waals surface area contributed by atoms with E-state index >= 15 is 0 Å². The van der Waals surface area contributed by atoms with E-state index < -0.39 is 17.0 Å². The molecule has 0 aliphatic heterocycles. The maximum atomic E-state index is 11.8. The first-order chi connectivity index (χ1) is 7.63. The molecule has 0 radical (unpaired) electrons. The number of amides is 1. The zero-order valence-corrected chi connectivity index (χ0v) is 10.4. The van der Waals surface area contributed by atoms with Gasteiger partial charge in [-0.05, 0) is 33.8 Å². The Bertz CT molecular complexity index is 451. The lowest BCUT2D eigenvalue weighted by Crippen LogP contribution is -2.57. The maximum absolute atomic E-state index is 11.8. The highest BCUT2D eigenvalue weighted by molar-refractivity contribution is 5.92. The Morgan fingerprint density at radius 1 is 1.35 bits per heavy atom. The van der Waals surface area contributed by atoms with Gasteiger partial charge >= 0.3 is 0 Å². The summed E-state index contributed by atoms with van der Waals surface area (Å²) >= 11 is 0. The van der Waals surface area contributed by atoms with Crippen molar-refractivity contribution in [2.45, 2.75) is 38.8 Å². The quantitative estimate of drug-likeness (QED) is 0.694. The molecule has 1 aromatic heterocycles. The van der Waals surface area contributed by atoms with Crippen LogP contribution in [0.3, 0.4) is 0 Å². The van der Waals surface area contributed by atoms with Gasteiger partial charge in [0.25, 0.3) is 11.5 Å². The molecule has 1 aromatic rings. The van der Waals surface area contributed by atoms with Gasteiger partial charge in [-0.2, -0.15) is 5.10 Å². The van der Waals surface area contributed by atoms with Crippen LogP contribution in [0, 0.1) is 0 Å². The van der Waals surface area contributed by atoms with E-state index in [0.717, 1.165) is 0 Å². The Morgan fingerprint density at radius 3 is 2.35 bits per heavy atom. The largest absolute Gasteiger partial charge is 0.388 e. The summed E-state index contributed by atoms with van der Waals surface area (Å²) in [5, 5.41) is 18.3. The van der Waals surface area contributed by atoms with Crippen molar-refractivity contribution in [3.8, 4) is 0 Å². The van der Waals surface area contributed by atoms with E-state index in [1.807, 2.05) is 0 Å². The van der Waals surface area contributed by atoms with E-state index in [9.17, 15) is 14.7 Å². The smallest absolute Gasteiger partial charge is 0.272 e. The van der Waals surface area contributed by atoms with Crippen LogP contribution in [-0.4, -0.2) is 32.4 Å². The molecule has 0 saturated carbocycles. The number of hydrogen-bond donors (Lipinski definition) is 3. The van der Waals surface area contributed by atoms with Gasteiger partial charge in [-0.1, -0.05) is 0 Å². The summed E-state index contributed by atoms with van der Waals surface area (Å²) in [5.74, 6) is -0.451. The van der Waals surface area contributed by atoms with Crippen molar-refractivity contribution < 1.29 is 9.90 Å². The Hall–Kier alpha value is -1.69. The zero-order valence-electron chi connectivity index (χ0n) is 10.4. The number of nitrogens with zero attached hydrogens (tertiary/aromatic N) is 1. The molecule has 3 N–H and O–H groups in total. The number of rotatable bonds is 3. The first-order valence-corrected chi connectivity index (χ1v) is 5.24. The van der Waals surface area contributed by atoms with Crippen LogP contribution >= 0.6 is 0 Å². The number of carbonyl (C=O) groups is 1. The minimum Gasteiger partial charge on any atom is -0.388 e. The fourth-order valence-corrected chi connectivity index (χ4v) is 0.972. The van der Waals surface area contributed by atoms with Crippen molar-refractivity contribution in [3.05, 3.63) is 28.2 Å². The third-order valence-corrected chi connectivity index (χ3v) is 2.87. The van der Waals surface area contributed by atoms with Crippen LogP contribution in [-0.2, 0) is 0 Å². The van der Waals surface area contributed by atoms with Crippen LogP contribution < -0.4 is 10.9 Å². The molecule has 17 heavy (non-hydrogen) atoms. The van der Waals surface area contributed by atoms with Gasteiger partial charge in [-0.3, -0.25) is 9.59 Å². The van der Waals surface area contributed by atoms with Crippen LogP contribution in [0.25, 0.3) is 0 Å². The SMILES string of the molecule is CC(C)(O)C(C)(C)NC(=O)c1ccc(=O)[nH]n1. The third-order valence-electron chi connectivity index (χ3n) is 2.87. The highest BCUT2D eigenvalue weighted by atomic mass is 16.3. The zero-order chi connectivity index (χ0) is 13.3. The number of carbonyl (C=O) groups excluding carboxylic acids is 1. The lowest BCUT2D eigenvalue weighted by molar-refractivity contribution is -0.00304. The molecular weight excluding hydrogens is 222 g/mol. The Morgan fingerprint density at radius 2 is 1.94 bits per heavy atom. The van der Waals surface area contributed by atoms with Crippen molar-refractivity contribution in [3.63, 3.8) is 0 Å². The summed E-state index contributed by atoms with van der Waals surface area (Å²) in [5.41, 5.74) is -2.17. The van der Waals surface area contributed by atoms with E-state index in [0.29, 0.717) is 0 Å². The minimum absolute atomic E-state index is 0.0990. The number of nitrogens with one attached hydrogen (secondary N) is 2. The first-order valence-electron chi connectivity index (χ1n) is 5.24. The lowest BCUT2D eigenvalue weighted by Gasteiger charge is -2.37. The van der Waals surface area contributed by atoms with Gasteiger partial charge in [0.1, 0.15) is 5.69 Å². The topological polar surface area (TPSA) is 95.1 Å². The molecule has 0 aliphatic carbocycles. The number of hydrogen-bond acceptors (Lipinski definition) is 4. The van der Waals surface area contributed by atoms with Crippen molar-refractivity contribution in [1.29, 1.82) is 0 Å². The minimum atomic E-state index is -1.08. The predicted octanol–water partition coefficient (Wildman–Crippen LogP) is 0.0492. The fraction of sp³-hybridized carbons (Fsp3) is 0.545. The molecule has 0 spiro atoms. The molecule has 1 amide bonds. The maximum Gasteiger partial charge on any atom is 0.272 e. The fourth-order valence-electron chi connectivity index (χ4n) is 0.972. The molecule has 94 valence electrons. The molecule has 1 heterocycles. The summed E-state index contributed by atoms with van der Waals surface area (Å²) in [7, 11) is 0. The third kappa shape index (κ3) is 3.13. The predicted molar refractivity (Wildman–Crippen MR) is 62.7 cm³/mol. The van der Waals surface area contributed by atoms with E-state index in [-0.39, 0.29) is 11.3 Å². The molecular formula is C11H17N3O3. The summed E-state index contributed by atoms with van der Waals surface area (Å²) in [4.78, 5) is 22.6. The van der Waals surface area contributed by atoms with E-state index in [1.165, 1.54) is 12.1 Å². The number of H-pyrrole nitrogens is 1. The summed E-state index contributed by atoms with van der Waals surface area (Å²) in [6.45, 7) is 6.62. The van der Waals surface area contributed by atoms with Gasteiger partial charge in [0, 0.05) is 6.07 Å². The molecule has 6 heteroatoms. The normalized spacial score (nSPS) is 12.3. The molecule has 6 nitrogen and oxygen atoms in total. The Balaban J connectivity index is 2.87. The molecule has 1 rings (SSSR count). The van der Waals surface area contributed by atoms with Crippen molar-refractivity contribution >= 4 is 5.91 Å². The molecule has 0 bridgehead atoms. The van der Waals surface area contributed by atoms with E-state index in [4.69, 9.17) is 0 Å². The monoisotopic (exact) mass is 239 g/mol. The molecule has 0 aliphatic rings. The van der Waals surface area contributed by atoms with Gasteiger partial charge in [0.05, 0.1) is 11.1 Å². The van der Waals surface area contributed by atoms with Crippen LogP contribution in [0.2, 0.25) is 0 Å². The molecule has 0 atom stereocenters. The van der Waals surface area contributed by atoms with Crippen LogP contribution in [0.4, 0.5) is 0 Å². The molecule has 0 aromatic carbocycles. The lowest BCUT2D eigenvalue weighted by atomic mass is 9.86. The van der Waals surface area contributed by atoms with Crippen molar-refractivity contribution in [1.82, 2.24) is 15.5 Å². The Labute approximate surface area is 99.1 Å². The Kier molecular flexibility index (Phi) is 3.38. The standard InChI is InChI=1S/C11H17N3O3/c1-10(2,11(3,4)17)12-9(16)7-5-6-8(15)14-13-7/h5-6,17H,1-4H3,(H,12,16)(H,14,15). The second-order valence-electron chi connectivity index (χ2n) is 4.94. The van der Waals surface area contributed by atoms with Gasteiger partial charge < -0.3 is 10.4 Å². The molecule has 0 saturated heterocycles. The summed E-state index contributed by atoms with van der Waals surface area (Å²) in [6.07, 6.45) is 0. The van der Waals surface area contributed by atoms with Crippen LogP contribution in [0.1, 0.15) is 38.2 Å².